The lowest BCUT2D eigenvalue weighted by molar-refractivity contribution is 0.102. The van der Waals surface area contributed by atoms with Crippen molar-refractivity contribution in [2.75, 3.05) is 5.32 Å². The highest BCUT2D eigenvalue weighted by Gasteiger charge is 2.28. The number of rotatable bonds is 6. The molecule has 0 radical (unpaired) electrons. The van der Waals surface area contributed by atoms with E-state index in [9.17, 15) is 9.90 Å². The van der Waals surface area contributed by atoms with Crippen LogP contribution in [0.1, 0.15) is 85.2 Å². The van der Waals surface area contributed by atoms with E-state index in [-0.39, 0.29) is 22.1 Å². The number of carbonyl (C=O) groups excluding carboxylic acids is 1. The van der Waals surface area contributed by atoms with Crippen LogP contribution in [-0.4, -0.2) is 20.6 Å². The van der Waals surface area contributed by atoms with Crippen LogP contribution in [0.15, 0.2) is 73.2 Å². The molecule has 6 nitrogen and oxygen atoms in total. The Balaban J connectivity index is 1.26. The van der Waals surface area contributed by atoms with Crippen LogP contribution in [0.25, 0.3) is 0 Å². The van der Waals surface area contributed by atoms with Gasteiger partial charge in [-0.2, -0.15) is 0 Å². The van der Waals surface area contributed by atoms with Crippen molar-refractivity contribution in [3.8, 4) is 11.5 Å². The molecule has 0 spiro atoms. The number of benzene rings is 2. The molecule has 4 aromatic rings. The van der Waals surface area contributed by atoms with Crippen molar-refractivity contribution in [3.63, 3.8) is 0 Å². The standard InChI is InChI=1S/C33H37N3O3S/c1-32(2,3)25-16-24(17-26(29(25)37)33(4,5)6)39-19-21-9-11-22(12-10-21)30(38)35-27-13-15-36-28(27)20-40-31(36)23-8-7-14-34-18-23/h7-18,31,37H,19-20H2,1-6H3,(H,35,38). The molecule has 0 fully saturated rings. The van der Waals surface area contributed by atoms with Crippen molar-refractivity contribution in [1.82, 2.24) is 9.55 Å². The minimum absolute atomic E-state index is 0.139. The van der Waals surface area contributed by atoms with Gasteiger partial charge in [-0.25, -0.2) is 0 Å². The molecule has 2 N–H and O–H groups in total. The maximum Gasteiger partial charge on any atom is 0.255 e. The number of carbonyl (C=O) groups is 1. The first-order chi connectivity index (χ1) is 18.9. The van der Waals surface area contributed by atoms with Gasteiger partial charge in [-0.05, 0) is 52.8 Å². The summed E-state index contributed by atoms with van der Waals surface area (Å²) < 4.78 is 8.39. The fraction of sp³-hybridized carbons (Fsp3) is 0.333. The molecule has 208 valence electrons. The Morgan fingerprint density at radius 2 is 1.73 bits per heavy atom. The number of anilines is 1. The van der Waals surface area contributed by atoms with Gasteiger partial charge in [0.15, 0.2) is 0 Å². The highest BCUT2D eigenvalue weighted by molar-refractivity contribution is 7.99. The summed E-state index contributed by atoms with van der Waals surface area (Å²) in [5.74, 6) is 1.74. The van der Waals surface area contributed by atoms with Crippen LogP contribution < -0.4 is 10.1 Å². The molecule has 0 aliphatic carbocycles. The van der Waals surface area contributed by atoms with Crippen molar-refractivity contribution >= 4 is 23.4 Å². The summed E-state index contributed by atoms with van der Waals surface area (Å²) >= 11 is 1.82. The SMILES string of the molecule is CC(C)(C)c1cc(OCc2ccc(C(=O)Nc3ccn4c3CSC4c3cccnc3)cc2)cc(C(C)(C)C)c1O. The van der Waals surface area contributed by atoms with Gasteiger partial charge in [0.25, 0.3) is 5.91 Å². The lowest BCUT2D eigenvalue weighted by Gasteiger charge is -2.28. The minimum atomic E-state index is -0.225. The number of thioether (sulfide) groups is 1. The average Bonchev–Trinajstić information content (AvgIpc) is 3.50. The van der Waals surface area contributed by atoms with Crippen LogP contribution in [0.2, 0.25) is 0 Å². The Morgan fingerprint density at radius 1 is 1.05 bits per heavy atom. The molecule has 2 aromatic heterocycles. The number of aromatic nitrogens is 2. The second-order valence-corrected chi connectivity index (χ2v) is 13.4. The lowest BCUT2D eigenvalue weighted by atomic mass is 9.79. The number of hydrogen-bond donors (Lipinski definition) is 2. The molecular formula is C33H37N3O3S. The molecule has 5 rings (SSSR count). The zero-order valence-electron chi connectivity index (χ0n) is 24.0. The maximum atomic E-state index is 13.1. The third-order valence-corrected chi connectivity index (χ3v) is 8.45. The summed E-state index contributed by atoms with van der Waals surface area (Å²) in [6, 6.07) is 17.4. The average molecular weight is 556 g/mol. The molecular weight excluding hydrogens is 518 g/mol. The highest BCUT2D eigenvalue weighted by Crippen LogP contribution is 2.44. The van der Waals surface area contributed by atoms with Crippen molar-refractivity contribution in [1.29, 1.82) is 0 Å². The molecule has 0 saturated carbocycles. The topological polar surface area (TPSA) is 76.4 Å². The Bertz CT molecular complexity index is 1480. The Morgan fingerprint density at radius 3 is 2.33 bits per heavy atom. The predicted molar refractivity (Wildman–Crippen MR) is 162 cm³/mol. The third kappa shape index (κ3) is 5.75. The second kappa shape index (κ2) is 10.7. The number of nitrogens with one attached hydrogen (secondary N) is 1. The number of phenols is 1. The normalized spacial score (nSPS) is 15.1. The van der Waals surface area contributed by atoms with E-state index in [2.05, 4.69) is 62.5 Å². The first-order valence-corrected chi connectivity index (χ1v) is 14.6. The van der Waals surface area contributed by atoms with Gasteiger partial charge in [0.1, 0.15) is 23.5 Å². The van der Waals surface area contributed by atoms with Gasteiger partial charge in [0, 0.05) is 46.6 Å². The highest BCUT2D eigenvalue weighted by atomic mass is 32.2. The maximum absolute atomic E-state index is 13.1. The Hall–Kier alpha value is -3.71. The van der Waals surface area contributed by atoms with Gasteiger partial charge in [0.2, 0.25) is 0 Å². The Labute approximate surface area is 240 Å². The third-order valence-electron chi connectivity index (χ3n) is 7.19. The lowest BCUT2D eigenvalue weighted by Crippen LogP contribution is -2.17. The first kappa shape index (κ1) is 27.8. The fourth-order valence-corrected chi connectivity index (χ4v) is 6.24. The van der Waals surface area contributed by atoms with E-state index in [1.165, 1.54) is 0 Å². The van der Waals surface area contributed by atoms with Gasteiger partial charge in [-0.1, -0.05) is 59.7 Å². The molecule has 2 aromatic carbocycles. The largest absolute Gasteiger partial charge is 0.507 e. The van der Waals surface area contributed by atoms with Crippen LogP contribution in [-0.2, 0) is 23.2 Å². The molecule has 1 amide bonds. The van der Waals surface area contributed by atoms with Crippen molar-refractivity contribution in [3.05, 3.63) is 107 Å². The summed E-state index contributed by atoms with van der Waals surface area (Å²) in [6.07, 6.45) is 5.70. The number of amides is 1. The molecule has 1 atom stereocenters. The van der Waals surface area contributed by atoms with Gasteiger partial charge in [-0.15, -0.1) is 11.8 Å². The number of hydrogen-bond acceptors (Lipinski definition) is 5. The van der Waals surface area contributed by atoms with Crippen molar-refractivity contribution < 1.29 is 14.6 Å². The van der Waals surface area contributed by atoms with Crippen LogP contribution in [0.5, 0.6) is 11.5 Å². The Kier molecular flexibility index (Phi) is 7.44. The molecule has 0 saturated heterocycles. The van der Waals surface area contributed by atoms with E-state index < -0.39 is 0 Å². The van der Waals surface area contributed by atoms with Crippen LogP contribution >= 0.6 is 11.8 Å². The van der Waals surface area contributed by atoms with E-state index in [0.717, 1.165) is 45.1 Å². The summed E-state index contributed by atoms with van der Waals surface area (Å²) in [5.41, 5.74) is 5.92. The zero-order valence-corrected chi connectivity index (χ0v) is 24.8. The predicted octanol–water partition coefficient (Wildman–Crippen LogP) is 7.81. The van der Waals surface area contributed by atoms with Crippen molar-refractivity contribution in [2.45, 2.75) is 70.1 Å². The van der Waals surface area contributed by atoms with Gasteiger partial charge in [0.05, 0.1) is 11.4 Å². The van der Waals surface area contributed by atoms with Crippen LogP contribution in [0.3, 0.4) is 0 Å². The molecule has 0 bridgehead atoms. The number of ether oxygens (including phenoxy) is 1. The fourth-order valence-electron chi connectivity index (χ4n) is 4.93. The number of pyridine rings is 1. The van der Waals surface area contributed by atoms with E-state index >= 15 is 0 Å². The number of phenolic OH excluding ortho intramolecular Hbond substituents is 1. The molecule has 1 unspecified atom stereocenters. The molecule has 1 aliphatic rings. The monoisotopic (exact) mass is 555 g/mol. The van der Waals surface area contributed by atoms with Crippen molar-refractivity contribution in [2.24, 2.45) is 0 Å². The van der Waals surface area contributed by atoms with E-state index in [1.807, 2.05) is 72.7 Å². The summed E-state index contributed by atoms with van der Waals surface area (Å²) in [4.78, 5) is 17.3. The van der Waals surface area contributed by atoms with Gasteiger partial charge in [-0.3, -0.25) is 9.78 Å². The zero-order chi connectivity index (χ0) is 28.7. The summed E-state index contributed by atoms with van der Waals surface area (Å²) in [7, 11) is 0. The molecule has 7 heteroatoms. The smallest absolute Gasteiger partial charge is 0.255 e. The molecule has 1 aliphatic heterocycles. The van der Waals surface area contributed by atoms with E-state index in [1.54, 1.807) is 6.20 Å². The van der Waals surface area contributed by atoms with E-state index in [4.69, 9.17) is 4.74 Å². The minimum Gasteiger partial charge on any atom is -0.507 e. The number of fused-ring (bicyclic) bond motifs is 1. The molecule has 40 heavy (non-hydrogen) atoms. The van der Waals surface area contributed by atoms with Gasteiger partial charge >= 0.3 is 0 Å². The van der Waals surface area contributed by atoms with Crippen LogP contribution in [0.4, 0.5) is 5.69 Å². The van der Waals surface area contributed by atoms with Gasteiger partial charge < -0.3 is 19.7 Å². The first-order valence-electron chi connectivity index (χ1n) is 13.5. The van der Waals surface area contributed by atoms with Crippen LogP contribution in [0, 0.1) is 0 Å². The summed E-state index contributed by atoms with van der Waals surface area (Å²) in [6.45, 7) is 12.9. The quantitative estimate of drug-likeness (QED) is 0.254. The van der Waals surface area contributed by atoms with E-state index in [0.29, 0.717) is 17.9 Å². The number of aromatic hydroxyl groups is 1. The summed E-state index contributed by atoms with van der Waals surface area (Å²) in [5, 5.41) is 14.2. The number of nitrogens with zero attached hydrogens (tertiary/aromatic N) is 2. The molecule has 3 heterocycles. The second-order valence-electron chi connectivity index (χ2n) is 12.3.